The lowest BCUT2D eigenvalue weighted by Crippen LogP contribution is -2.57. The molecule has 6 heteroatoms. The number of ether oxygens (including phenoxy) is 2. The summed E-state index contributed by atoms with van der Waals surface area (Å²) < 4.78 is 12.6. The van der Waals surface area contributed by atoms with E-state index in [0.717, 1.165) is 45.7 Å². The van der Waals surface area contributed by atoms with Crippen LogP contribution in [0.2, 0.25) is 0 Å². The topological polar surface area (TPSA) is 57.3 Å². The van der Waals surface area contributed by atoms with E-state index in [1.54, 1.807) is 0 Å². The lowest BCUT2D eigenvalue weighted by Gasteiger charge is -2.49. The molecule has 8 unspecified atom stereocenters. The highest BCUT2D eigenvalue weighted by Gasteiger charge is 2.78. The number of nitrogens with one attached hydrogen (secondary N) is 1. The summed E-state index contributed by atoms with van der Waals surface area (Å²) in [6.45, 7) is 11.1. The first-order chi connectivity index (χ1) is 14.5. The number of piperidine rings is 1. The fourth-order valence-corrected chi connectivity index (χ4v) is 8.12. The second-order valence-corrected chi connectivity index (χ2v) is 11.4. The quantitative estimate of drug-likeness (QED) is 0.561. The molecule has 4 saturated heterocycles. The Morgan fingerprint density at radius 1 is 1.13 bits per heavy atom. The van der Waals surface area contributed by atoms with Crippen LogP contribution in [0, 0.1) is 23.2 Å². The van der Waals surface area contributed by atoms with E-state index in [0.29, 0.717) is 12.1 Å². The average molecular weight is 418 g/mol. The van der Waals surface area contributed by atoms with Gasteiger partial charge in [0, 0.05) is 44.1 Å². The van der Waals surface area contributed by atoms with Crippen molar-refractivity contribution in [2.24, 2.45) is 23.2 Å². The van der Waals surface area contributed by atoms with Crippen LogP contribution in [0.4, 0.5) is 0 Å². The van der Waals surface area contributed by atoms with Gasteiger partial charge in [-0.3, -0.25) is 14.6 Å². The molecule has 6 nitrogen and oxygen atoms in total. The summed E-state index contributed by atoms with van der Waals surface area (Å²) in [4.78, 5) is 18.1. The number of hydrogen-bond donors (Lipinski definition) is 1. The minimum atomic E-state index is -0.00240. The van der Waals surface area contributed by atoms with Gasteiger partial charge in [0.2, 0.25) is 0 Å². The van der Waals surface area contributed by atoms with Crippen molar-refractivity contribution < 1.29 is 14.3 Å². The monoisotopic (exact) mass is 417 g/mol. The second-order valence-electron chi connectivity index (χ2n) is 11.4. The Balaban J connectivity index is 1.12. The number of carbonyl (C=O) groups excluding carboxylic acids is 1. The SMILES string of the molecule is CC1CCCC2(C)CC3OC(=O)C(CN4CCN(C5CCCCN5)CC4)C3C3OC132. The maximum atomic E-state index is 13.0. The molecule has 0 aromatic heterocycles. The number of fused-ring (bicyclic) bond motifs is 2. The third kappa shape index (κ3) is 2.86. The Morgan fingerprint density at radius 3 is 2.73 bits per heavy atom. The molecule has 0 bridgehead atoms. The summed E-state index contributed by atoms with van der Waals surface area (Å²) in [6, 6.07) is 0. The summed E-state index contributed by atoms with van der Waals surface area (Å²) in [5.41, 5.74) is 0.203. The smallest absolute Gasteiger partial charge is 0.311 e. The van der Waals surface area contributed by atoms with Crippen molar-refractivity contribution in [3.63, 3.8) is 0 Å². The Bertz CT molecular complexity index is 689. The van der Waals surface area contributed by atoms with E-state index in [1.165, 1.54) is 38.5 Å². The van der Waals surface area contributed by atoms with Crippen LogP contribution in [0.3, 0.4) is 0 Å². The van der Waals surface area contributed by atoms with Crippen LogP contribution in [0.25, 0.3) is 0 Å². The van der Waals surface area contributed by atoms with Crippen LogP contribution < -0.4 is 5.32 Å². The number of rotatable bonds is 3. The van der Waals surface area contributed by atoms with Gasteiger partial charge in [-0.1, -0.05) is 20.3 Å². The molecule has 0 aromatic rings. The predicted octanol–water partition coefficient (Wildman–Crippen LogP) is 2.23. The summed E-state index contributed by atoms with van der Waals surface area (Å²) in [6.07, 6.45) is 9.57. The van der Waals surface area contributed by atoms with Gasteiger partial charge < -0.3 is 14.8 Å². The third-order valence-corrected chi connectivity index (χ3v) is 9.78. The Hall–Kier alpha value is -0.690. The van der Waals surface area contributed by atoms with E-state index in [4.69, 9.17) is 9.47 Å². The minimum Gasteiger partial charge on any atom is -0.462 e. The first-order valence-corrected chi connectivity index (χ1v) is 12.6. The molecule has 1 N–H and O–H groups in total. The van der Waals surface area contributed by atoms with Crippen LogP contribution in [-0.4, -0.2) is 79.0 Å². The van der Waals surface area contributed by atoms with Gasteiger partial charge in [-0.05, 0) is 51.0 Å². The highest BCUT2D eigenvalue weighted by Crippen LogP contribution is 2.70. The van der Waals surface area contributed by atoms with E-state index < -0.39 is 0 Å². The van der Waals surface area contributed by atoms with Crippen LogP contribution in [0.5, 0.6) is 0 Å². The molecule has 4 heterocycles. The van der Waals surface area contributed by atoms with Gasteiger partial charge in [-0.25, -0.2) is 0 Å². The van der Waals surface area contributed by atoms with Gasteiger partial charge in [0.25, 0.3) is 0 Å². The molecule has 6 aliphatic rings. The molecular formula is C24H39N3O3. The lowest BCUT2D eigenvalue weighted by molar-refractivity contribution is -0.146. The molecule has 8 atom stereocenters. The summed E-state index contributed by atoms with van der Waals surface area (Å²) >= 11 is 0. The van der Waals surface area contributed by atoms with Gasteiger partial charge >= 0.3 is 5.97 Å². The summed E-state index contributed by atoms with van der Waals surface area (Å²) in [7, 11) is 0. The zero-order chi connectivity index (χ0) is 20.5. The van der Waals surface area contributed by atoms with Crippen LogP contribution >= 0.6 is 0 Å². The molecule has 6 fully saturated rings. The van der Waals surface area contributed by atoms with E-state index in [2.05, 4.69) is 29.0 Å². The van der Waals surface area contributed by atoms with E-state index >= 15 is 0 Å². The van der Waals surface area contributed by atoms with E-state index in [9.17, 15) is 4.79 Å². The van der Waals surface area contributed by atoms with Crippen molar-refractivity contribution in [1.29, 1.82) is 0 Å². The van der Waals surface area contributed by atoms with Crippen molar-refractivity contribution in [2.75, 3.05) is 39.3 Å². The Kier molecular flexibility index (Phi) is 4.76. The molecule has 1 spiro atoms. The summed E-state index contributed by atoms with van der Waals surface area (Å²) in [5.74, 6) is 0.911. The van der Waals surface area contributed by atoms with Gasteiger partial charge in [0.15, 0.2) is 0 Å². The summed E-state index contributed by atoms with van der Waals surface area (Å²) in [5, 5.41) is 3.68. The van der Waals surface area contributed by atoms with Gasteiger partial charge in [0.1, 0.15) is 11.7 Å². The molecule has 6 rings (SSSR count). The maximum absolute atomic E-state index is 13.0. The standard InChI is InChI=1S/C24H39N3O3/c1-16-6-5-8-23(2)14-18-20(21-24(16,23)30-21)17(22(28)29-18)15-26-10-12-27(13-11-26)19-7-3-4-9-25-19/h16-21,25H,3-15H2,1-2H3. The largest absolute Gasteiger partial charge is 0.462 e. The number of esters is 1. The normalized spacial score (nSPS) is 51.6. The zero-order valence-electron chi connectivity index (χ0n) is 18.8. The van der Waals surface area contributed by atoms with E-state index in [1.807, 2.05) is 0 Å². The Morgan fingerprint density at radius 2 is 1.97 bits per heavy atom. The van der Waals surface area contributed by atoms with Crippen molar-refractivity contribution in [3.05, 3.63) is 0 Å². The molecule has 2 aliphatic carbocycles. The molecule has 168 valence electrons. The molecular weight excluding hydrogens is 378 g/mol. The molecule has 4 aliphatic heterocycles. The molecule has 0 aromatic carbocycles. The number of hydrogen-bond acceptors (Lipinski definition) is 6. The van der Waals surface area contributed by atoms with Crippen molar-refractivity contribution in [2.45, 2.75) is 82.8 Å². The number of carbonyl (C=O) groups is 1. The van der Waals surface area contributed by atoms with Crippen molar-refractivity contribution >= 4 is 5.97 Å². The molecule has 30 heavy (non-hydrogen) atoms. The second kappa shape index (κ2) is 7.16. The highest BCUT2D eigenvalue weighted by molar-refractivity contribution is 5.76. The predicted molar refractivity (Wildman–Crippen MR) is 114 cm³/mol. The number of nitrogens with zero attached hydrogens (tertiary/aromatic N) is 2. The average Bonchev–Trinajstić information content (AvgIpc) is 3.44. The van der Waals surface area contributed by atoms with Crippen LogP contribution in [0.15, 0.2) is 0 Å². The third-order valence-electron chi connectivity index (χ3n) is 9.78. The highest BCUT2D eigenvalue weighted by atomic mass is 16.6. The van der Waals surface area contributed by atoms with Gasteiger partial charge in [-0.2, -0.15) is 0 Å². The fraction of sp³-hybridized carbons (Fsp3) is 0.958. The fourth-order valence-electron chi connectivity index (χ4n) is 8.12. The molecule has 0 amide bonds. The molecule has 2 saturated carbocycles. The number of epoxide rings is 1. The van der Waals surface area contributed by atoms with Crippen LogP contribution in [0.1, 0.15) is 58.8 Å². The maximum Gasteiger partial charge on any atom is 0.311 e. The number of piperazine rings is 1. The van der Waals surface area contributed by atoms with E-state index in [-0.39, 0.29) is 41.0 Å². The first-order valence-electron chi connectivity index (χ1n) is 12.6. The van der Waals surface area contributed by atoms with Crippen molar-refractivity contribution in [3.8, 4) is 0 Å². The Labute approximate surface area is 181 Å². The lowest BCUT2D eigenvalue weighted by atomic mass is 9.53. The zero-order valence-corrected chi connectivity index (χ0v) is 18.8. The minimum absolute atomic E-state index is 0.00240. The van der Waals surface area contributed by atoms with Crippen LogP contribution in [-0.2, 0) is 14.3 Å². The van der Waals surface area contributed by atoms with Gasteiger partial charge in [-0.15, -0.1) is 0 Å². The molecule has 0 radical (unpaired) electrons. The van der Waals surface area contributed by atoms with Crippen molar-refractivity contribution in [1.82, 2.24) is 15.1 Å². The van der Waals surface area contributed by atoms with Gasteiger partial charge in [0.05, 0.1) is 18.2 Å². The first kappa shape index (κ1) is 20.0.